The molecule has 0 amide bonds. The number of hydrogen-bond donors (Lipinski definition) is 0. The first kappa shape index (κ1) is 15.8. The molecule has 0 saturated carbocycles. The van der Waals surface area contributed by atoms with Crippen molar-refractivity contribution in [1.29, 1.82) is 0 Å². The Hall–Kier alpha value is -2.44. The number of likely N-dealkylation sites (tertiary alicyclic amines) is 1. The fourth-order valence-corrected chi connectivity index (χ4v) is 4.52. The maximum atomic E-state index is 6.08. The molecule has 5 nitrogen and oxygen atoms in total. The molecule has 4 heterocycles. The van der Waals surface area contributed by atoms with E-state index in [1.165, 1.54) is 10.1 Å². The first-order valence-electron chi connectivity index (χ1n) is 9.03. The predicted octanol–water partition coefficient (Wildman–Crippen LogP) is 4.08. The van der Waals surface area contributed by atoms with Gasteiger partial charge in [0.1, 0.15) is 11.8 Å². The molecule has 1 aromatic carbocycles. The summed E-state index contributed by atoms with van der Waals surface area (Å²) in [5.74, 6) is 0.667. The number of rotatable bonds is 4. The first-order chi connectivity index (χ1) is 12.8. The summed E-state index contributed by atoms with van der Waals surface area (Å²) in [7, 11) is 0. The molecule has 132 valence electrons. The highest BCUT2D eigenvalue weighted by molar-refractivity contribution is 7.22. The van der Waals surface area contributed by atoms with Crippen molar-refractivity contribution >= 4 is 27.1 Å². The van der Waals surface area contributed by atoms with Gasteiger partial charge in [0, 0.05) is 23.9 Å². The van der Waals surface area contributed by atoms with Gasteiger partial charge in [0.15, 0.2) is 5.65 Å². The van der Waals surface area contributed by atoms with Gasteiger partial charge < -0.3 is 4.74 Å². The van der Waals surface area contributed by atoms with Crippen LogP contribution in [0.4, 0.5) is 0 Å². The number of fused-ring (bicyclic) bond motifs is 2. The monoisotopic (exact) mass is 364 g/mol. The van der Waals surface area contributed by atoms with Crippen molar-refractivity contribution in [2.45, 2.75) is 19.4 Å². The SMILES string of the molecule is CCN1CCC(Oc2ccc3nc(-c4cc5ccccc5s4)cn3n2)C1. The molecule has 0 N–H and O–H groups in total. The van der Waals surface area contributed by atoms with Gasteiger partial charge in [-0.05, 0) is 36.6 Å². The van der Waals surface area contributed by atoms with E-state index in [4.69, 9.17) is 9.72 Å². The summed E-state index contributed by atoms with van der Waals surface area (Å²) in [5.41, 5.74) is 1.79. The van der Waals surface area contributed by atoms with Gasteiger partial charge in [0.25, 0.3) is 0 Å². The lowest BCUT2D eigenvalue weighted by Gasteiger charge is -2.14. The number of hydrogen-bond acceptors (Lipinski definition) is 5. The molecule has 1 aliphatic heterocycles. The Morgan fingerprint density at radius 3 is 3.00 bits per heavy atom. The van der Waals surface area contributed by atoms with Gasteiger partial charge in [-0.3, -0.25) is 4.90 Å². The smallest absolute Gasteiger partial charge is 0.232 e. The van der Waals surface area contributed by atoms with Gasteiger partial charge in [0.2, 0.25) is 5.88 Å². The lowest BCUT2D eigenvalue weighted by Crippen LogP contribution is -2.24. The molecule has 3 aromatic heterocycles. The Bertz CT molecular complexity index is 1040. The lowest BCUT2D eigenvalue weighted by molar-refractivity contribution is 0.192. The van der Waals surface area contributed by atoms with Crippen LogP contribution in [0.1, 0.15) is 13.3 Å². The zero-order valence-corrected chi connectivity index (χ0v) is 15.4. The van der Waals surface area contributed by atoms with Gasteiger partial charge in [-0.15, -0.1) is 16.4 Å². The number of ether oxygens (including phenoxy) is 1. The highest BCUT2D eigenvalue weighted by atomic mass is 32.1. The van der Waals surface area contributed by atoms with Crippen molar-refractivity contribution in [3.63, 3.8) is 0 Å². The van der Waals surface area contributed by atoms with Crippen LogP contribution >= 0.6 is 11.3 Å². The maximum Gasteiger partial charge on any atom is 0.232 e. The van der Waals surface area contributed by atoms with Crippen LogP contribution in [0, 0.1) is 0 Å². The number of imidazole rings is 1. The topological polar surface area (TPSA) is 42.7 Å². The van der Waals surface area contributed by atoms with Gasteiger partial charge >= 0.3 is 0 Å². The van der Waals surface area contributed by atoms with E-state index in [0.29, 0.717) is 5.88 Å². The van der Waals surface area contributed by atoms with E-state index < -0.39 is 0 Å². The van der Waals surface area contributed by atoms with E-state index in [1.807, 2.05) is 22.8 Å². The molecule has 26 heavy (non-hydrogen) atoms. The second-order valence-corrected chi connectivity index (χ2v) is 7.75. The molecule has 0 radical (unpaired) electrons. The number of aromatic nitrogens is 3. The molecule has 0 bridgehead atoms. The van der Waals surface area contributed by atoms with Crippen LogP contribution in [0.3, 0.4) is 0 Å². The molecule has 1 aliphatic rings. The van der Waals surface area contributed by atoms with Crippen LogP contribution in [0.5, 0.6) is 5.88 Å². The van der Waals surface area contributed by atoms with Crippen molar-refractivity contribution in [1.82, 2.24) is 19.5 Å². The summed E-state index contributed by atoms with van der Waals surface area (Å²) < 4.78 is 9.18. The minimum absolute atomic E-state index is 0.227. The Morgan fingerprint density at radius 1 is 1.23 bits per heavy atom. The zero-order valence-electron chi connectivity index (χ0n) is 14.6. The van der Waals surface area contributed by atoms with E-state index >= 15 is 0 Å². The average Bonchev–Trinajstić information content (AvgIpc) is 3.38. The predicted molar refractivity (Wildman–Crippen MR) is 105 cm³/mol. The summed E-state index contributed by atoms with van der Waals surface area (Å²) in [6, 6.07) is 14.5. The Balaban J connectivity index is 1.42. The normalized spacial score (nSPS) is 18.1. The quantitative estimate of drug-likeness (QED) is 0.547. The second kappa shape index (κ2) is 6.37. The molecule has 0 spiro atoms. The van der Waals surface area contributed by atoms with Crippen molar-refractivity contribution in [3.05, 3.63) is 48.7 Å². The van der Waals surface area contributed by atoms with Gasteiger partial charge in [-0.1, -0.05) is 25.1 Å². The molecule has 1 atom stereocenters. The minimum atomic E-state index is 0.227. The average molecular weight is 364 g/mol. The molecule has 4 aromatic rings. The molecule has 1 unspecified atom stereocenters. The fraction of sp³-hybridized carbons (Fsp3) is 0.300. The third kappa shape index (κ3) is 2.85. The van der Waals surface area contributed by atoms with Gasteiger partial charge in [-0.25, -0.2) is 9.50 Å². The van der Waals surface area contributed by atoms with Crippen LogP contribution in [-0.2, 0) is 0 Å². The van der Waals surface area contributed by atoms with E-state index in [9.17, 15) is 0 Å². The summed E-state index contributed by atoms with van der Waals surface area (Å²) in [5, 5.41) is 5.86. The molecule has 0 aliphatic carbocycles. The summed E-state index contributed by atoms with van der Waals surface area (Å²) in [6.45, 7) is 5.35. The molecule has 1 saturated heterocycles. The van der Waals surface area contributed by atoms with Gasteiger partial charge in [-0.2, -0.15) is 0 Å². The number of benzene rings is 1. The molecule has 6 heteroatoms. The van der Waals surface area contributed by atoms with Gasteiger partial charge in [0.05, 0.1) is 11.1 Å². The summed E-state index contributed by atoms with van der Waals surface area (Å²) >= 11 is 1.76. The van der Waals surface area contributed by atoms with Crippen molar-refractivity contribution in [3.8, 4) is 16.5 Å². The van der Waals surface area contributed by atoms with Crippen LogP contribution in [-0.4, -0.2) is 45.2 Å². The highest BCUT2D eigenvalue weighted by Gasteiger charge is 2.23. The van der Waals surface area contributed by atoms with Crippen LogP contribution in [0.25, 0.3) is 26.3 Å². The maximum absolute atomic E-state index is 6.08. The van der Waals surface area contributed by atoms with Crippen LogP contribution in [0.2, 0.25) is 0 Å². The van der Waals surface area contributed by atoms with Crippen molar-refractivity contribution < 1.29 is 4.74 Å². The fourth-order valence-electron chi connectivity index (χ4n) is 3.51. The largest absolute Gasteiger partial charge is 0.472 e. The standard InChI is InChI=1S/C20H20N4OS/c1-2-23-10-9-15(12-23)25-20-8-7-19-21-16(13-24(19)22-20)18-11-14-5-3-4-6-17(14)26-18/h3-8,11,13,15H,2,9-10,12H2,1H3. The summed E-state index contributed by atoms with van der Waals surface area (Å²) in [4.78, 5) is 8.29. The Morgan fingerprint density at radius 2 is 2.15 bits per heavy atom. The molecular weight excluding hydrogens is 344 g/mol. The van der Waals surface area contributed by atoms with E-state index in [-0.39, 0.29) is 6.10 Å². The first-order valence-corrected chi connectivity index (χ1v) is 9.84. The molecule has 1 fully saturated rings. The minimum Gasteiger partial charge on any atom is -0.472 e. The van der Waals surface area contributed by atoms with E-state index in [2.05, 4.69) is 47.3 Å². The van der Waals surface area contributed by atoms with Crippen molar-refractivity contribution in [2.24, 2.45) is 0 Å². The number of nitrogens with zero attached hydrogens (tertiary/aromatic N) is 4. The number of likely N-dealkylation sites (N-methyl/N-ethyl adjacent to an activating group) is 1. The van der Waals surface area contributed by atoms with Crippen molar-refractivity contribution in [2.75, 3.05) is 19.6 Å². The Labute approximate surface area is 155 Å². The van der Waals surface area contributed by atoms with Crippen LogP contribution in [0.15, 0.2) is 48.7 Å². The molecular formula is C20H20N4OS. The second-order valence-electron chi connectivity index (χ2n) is 6.67. The third-order valence-electron chi connectivity index (χ3n) is 4.94. The Kier molecular flexibility index (Phi) is 3.87. The van der Waals surface area contributed by atoms with E-state index in [1.54, 1.807) is 11.3 Å². The lowest BCUT2D eigenvalue weighted by atomic mass is 10.2. The van der Waals surface area contributed by atoms with Crippen LogP contribution < -0.4 is 4.74 Å². The zero-order chi connectivity index (χ0) is 17.5. The van der Waals surface area contributed by atoms with E-state index in [0.717, 1.165) is 42.3 Å². The highest BCUT2D eigenvalue weighted by Crippen LogP contribution is 2.33. The third-order valence-corrected chi connectivity index (χ3v) is 6.08. The molecule has 5 rings (SSSR count). The summed E-state index contributed by atoms with van der Waals surface area (Å²) in [6.07, 6.45) is 3.27. The number of thiophene rings is 1.